The Bertz CT molecular complexity index is 965. The summed E-state index contributed by atoms with van der Waals surface area (Å²) in [5.41, 5.74) is 3.22. The molecule has 6 heteroatoms. The Hall–Kier alpha value is -3.28. The third kappa shape index (κ3) is 8.46. The first-order chi connectivity index (χ1) is 15.3. The molecule has 1 aromatic carbocycles. The van der Waals surface area contributed by atoms with Crippen molar-refractivity contribution in [2.45, 2.75) is 54.0 Å². The number of hydrogen-bond acceptors (Lipinski definition) is 4. The van der Waals surface area contributed by atoms with Gasteiger partial charge in [0, 0.05) is 11.3 Å². The molecule has 1 amide bonds. The number of benzene rings is 1. The summed E-state index contributed by atoms with van der Waals surface area (Å²) in [5, 5.41) is 2.88. The number of rotatable bonds is 9. The molecule has 0 bridgehead atoms. The number of allylic oxidation sites excluding steroid dienone is 6. The van der Waals surface area contributed by atoms with Crippen LogP contribution in [-0.4, -0.2) is 30.7 Å². The lowest BCUT2D eigenvalue weighted by Gasteiger charge is -2.17. The summed E-state index contributed by atoms with van der Waals surface area (Å²) >= 11 is 0. The molecule has 0 radical (unpaired) electrons. The van der Waals surface area contributed by atoms with Gasteiger partial charge in [0.2, 0.25) is 5.90 Å². The van der Waals surface area contributed by atoms with Crippen molar-refractivity contribution >= 4 is 23.2 Å². The summed E-state index contributed by atoms with van der Waals surface area (Å²) in [5.74, 6) is -0.371. The third-order valence-electron chi connectivity index (χ3n) is 4.45. The van der Waals surface area contributed by atoms with Crippen LogP contribution in [0.3, 0.4) is 0 Å². The number of carbonyl (C=O) groups is 1. The van der Waals surface area contributed by atoms with Crippen molar-refractivity contribution in [1.29, 1.82) is 0 Å². The van der Waals surface area contributed by atoms with Gasteiger partial charge in [0.15, 0.2) is 0 Å². The number of hydrogen-bond donors (Lipinski definition) is 1. The fourth-order valence-corrected chi connectivity index (χ4v) is 2.78. The minimum atomic E-state index is -0.524. The topological polar surface area (TPSA) is 63.0 Å². The molecule has 0 heterocycles. The molecule has 0 aliphatic heterocycles. The molecule has 1 unspecified atom stereocenters. The average Bonchev–Trinajstić information content (AvgIpc) is 2.76. The van der Waals surface area contributed by atoms with E-state index >= 15 is 0 Å². The summed E-state index contributed by atoms with van der Waals surface area (Å²) in [4.78, 5) is 21.9. The molecule has 0 saturated heterocycles. The molecular formula is C26H34FN3O2. The minimum absolute atomic E-state index is 0.307. The normalized spacial score (nSPS) is 14.1. The summed E-state index contributed by atoms with van der Waals surface area (Å²) in [6, 6.07) is 5.69. The second kappa shape index (κ2) is 13.9. The van der Waals surface area contributed by atoms with Crippen LogP contribution in [0.4, 0.5) is 4.39 Å². The van der Waals surface area contributed by atoms with E-state index in [9.17, 15) is 9.18 Å². The van der Waals surface area contributed by atoms with Crippen molar-refractivity contribution < 1.29 is 13.9 Å². The number of carbonyl (C=O) groups excluding carboxylic acids is 1. The number of halogens is 1. The maximum atomic E-state index is 13.7. The van der Waals surface area contributed by atoms with Gasteiger partial charge >= 0.3 is 0 Å². The van der Waals surface area contributed by atoms with Crippen molar-refractivity contribution in [3.05, 3.63) is 77.3 Å². The zero-order valence-electron chi connectivity index (χ0n) is 20.1. The van der Waals surface area contributed by atoms with Crippen molar-refractivity contribution in [3.8, 4) is 0 Å². The van der Waals surface area contributed by atoms with Gasteiger partial charge in [0.1, 0.15) is 17.6 Å². The van der Waals surface area contributed by atoms with Crippen LogP contribution in [-0.2, 0) is 9.53 Å². The van der Waals surface area contributed by atoms with Crippen LogP contribution in [0.1, 0.15) is 53.5 Å². The molecule has 0 aromatic heterocycles. The van der Waals surface area contributed by atoms with Crippen LogP contribution in [0.5, 0.6) is 0 Å². The summed E-state index contributed by atoms with van der Waals surface area (Å²) in [6.07, 6.45) is 9.95. The second-order valence-corrected chi connectivity index (χ2v) is 7.22. The van der Waals surface area contributed by atoms with E-state index in [-0.39, 0.29) is 11.7 Å². The Morgan fingerprint density at radius 1 is 1.22 bits per heavy atom. The number of ether oxygens (including phenoxy) is 1. The van der Waals surface area contributed by atoms with Crippen LogP contribution >= 0.6 is 0 Å². The van der Waals surface area contributed by atoms with Crippen molar-refractivity contribution in [3.63, 3.8) is 0 Å². The predicted molar refractivity (Wildman–Crippen MR) is 132 cm³/mol. The maximum Gasteiger partial charge on any atom is 0.270 e. The number of nitrogens with zero attached hydrogens (tertiary/aromatic N) is 2. The Morgan fingerprint density at radius 3 is 2.47 bits per heavy atom. The molecule has 0 spiro atoms. The van der Waals surface area contributed by atoms with E-state index < -0.39 is 6.04 Å². The third-order valence-corrected chi connectivity index (χ3v) is 4.45. The molecule has 0 fully saturated rings. The zero-order valence-corrected chi connectivity index (χ0v) is 20.1. The summed E-state index contributed by atoms with van der Waals surface area (Å²) in [6.45, 7) is 11.2. The van der Waals surface area contributed by atoms with Gasteiger partial charge in [-0.05, 0) is 64.8 Å². The molecule has 1 N–H and O–H groups in total. The Kier molecular flexibility index (Phi) is 11.6. The van der Waals surface area contributed by atoms with E-state index in [0.29, 0.717) is 29.3 Å². The lowest BCUT2D eigenvalue weighted by atomic mass is 10.1. The summed E-state index contributed by atoms with van der Waals surface area (Å²) < 4.78 is 19.2. The van der Waals surface area contributed by atoms with Crippen molar-refractivity contribution in [2.24, 2.45) is 9.98 Å². The first-order valence-electron chi connectivity index (χ1n) is 10.7. The average molecular weight is 440 g/mol. The number of aliphatic imine (C=N–C) groups is 2. The van der Waals surface area contributed by atoms with Gasteiger partial charge in [-0.15, -0.1) is 0 Å². The van der Waals surface area contributed by atoms with Crippen LogP contribution in [0.25, 0.3) is 5.70 Å². The van der Waals surface area contributed by atoms with Gasteiger partial charge in [-0.2, -0.15) is 0 Å². The monoisotopic (exact) mass is 439 g/mol. The van der Waals surface area contributed by atoms with Crippen LogP contribution in [0.15, 0.2) is 75.9 Å². The molecule has 1 rings (SSSR count). The van der Waals surface area contributed by atoms with E-state index in [1.807, 2.05) is 52.0 Å². The lowest BCUT2D eigenvalue weighted by Crippen LogP contribution is -2.40. The van der Waals surface area contributed by atoms with Gasteiger partial charge in [-0.1, -0.05) is 43.4 Å². The highest BCUT2D eigenvalue weighted by Gasteiger charge is 2.18. The SMILES string of the molecule is C\C=C/C=C\C(CC)=N/C(=C\C)C(=O)NC(C)C(=NC(=C(C)C)c1cccc(F)c1)OC. The van der Waals surface area contributed by atoms with E-state index in [1.54, 1.807) is 32.1 Å². The van der Waals surface area contributed by atoms with Crippen LogP contribution in [0.2, 0.25) is 0 Å². The molecule has 1 atom stereocenters. The number of nitrogens with one attached hydrogen (secondary N) is 1. The zero-order chi connectivity index (χ0) is 24.1. The molecule has 0 aliphatic carbocycles. The predicted octanol–water partition coefficient (Wildman–Crippen LogP) is 6.01. The molecule has 1 aromatic rings. The Labute approximate surface area is 191 Å². The van der Waals surface area contributed by atoms with Gasteiger partial charge in [0.25, 0.3) is 5.91 Å². The van der Waals surface area contributed by atoms with Gasteiger partial charge in [-0.25, -0.2) is 14.4 Å². The van der Waals surface area contributed by atoms with Gasteiger partial charge in [-0.3, -0.25) is 4.79 Å². The van der Waals surface area contributed by atoms with Gasteiger partial charge in [0.05, 0.1) is 12.8 Å². The largest absolute Gasteiger partial charge is 0.483 e. The molecule has 172 valence electrons. The molecule has 0 saturated carbocycles. The Balaban J connectivity index is 3.14. The van der Waals surface area contributed by atoms with Crippen molar-refractivity contribution in [2.75, 3.05) is 7.11 Å². The van der Waals surface area contributed by atoms with Gasteiger partial charge < -0.3 is 10.1 Å². The molecule has 32 heavy (non-hydrogen) atoms. The van der Waals surface area contributed by atoms with Crippen LogP contribution < -0.4 is 5.32 Å². The standard InChI is InChI=1S/C26H34FN3O2/c1-8-11-12-16-22(9-2)29-23(10-3)25(31)28-19(6)26(32-7)30-24(18(4)5)20-14-13-15-21(27)17-20/h8,10-17,19H,9H2,1-7H3,(H,28,31)/b11-8-,16-12-,23-10-,29-22-,30-26?. The van der Waals surface area contributed by atoms with E-state index in [2.05, 4.69) is 15.3 Å². The first kappa shape index (κ1) is 26.8. The highest BCUT2D eigenvalue weighted by atomic mass is 19.1. The lowest BCUT2D eigenvalue weighted by molar-refractivity contribution is -0.117. The second-order valence-electron chi connectivity index (χ2n) is 7.22. The van der Waals surface area contributed by atoms with Crippen LogP contribution in [0, 0.1) is 5.82 Å². The minimum Gasteiger partial charge on any atom is -0.483 e. The fraction of sp³-hybridized carbons (Fsp3) is 0.346. The quantitative estimate of drug-likeness (QED) is 0.222. The first-order valence-corrected chi connectivity index (χ1v) is 10.7. The smallest absolute Gasteiger partial charge is 0.270 e. The van der Waals surface area contributed by atoms with E-state index in [1.165, 1.54) is 19.2 Å². The maximum absolute atomic E-state index is 13.7. The molecular weight excluding hydrogens is 405 g/mol. The highest BCUT2D eigenvalue weighted by Crippen LogP contribution is 2.22. The van der Waals surface area contributed by atoms with Crippen molar-refractivity contribution in [1.82, 2.24) is 5.32 Å². The fourth-order valence-electron chi connectivity index (χ4n) is 2.78. The molecule has 0 aliphatic rings. The Morgan fingerprint density at radius 2 is 1.94 bits per heavy atom. The molecule has 5 nitrogen and oxygen atoms in total. The number of amides is 1. The van der Waals surface area contributed by atoms with E-state index in [0.717, 1.165) is 11.3 Å². The summed E-state index contributed by atoms with van der Waals surface area (Å²) in [7, 11) is 1.49. The highest BCUT2D eigenvalue weighted by molar-refractivity contribution is 6.02. The number of methoxy groups -OCH3 is 1. The van der Waals surface area contributed by atoms with E-state index in [4.69, 9.17) is 4.74 Å².